The van der Waals surface area contributed by atoms with E-state index in [1.165, 1.54) is 0 Å². The number of carboxylic acid groups (broad SMARTS) is 3. The van der Waals surface area contributed by atoms with E-state index in [-0.39, 0.29) is 0 Å². The van der Waals surface area contributed by atoms with E-state index in [1.807, 2.05) is 0 Å². The number of carbonyl (C=O) groups is 6. The van der Waals surface area contributed by atoms with E-state index in [1.54, 1.807) is 27.7 Å². The van der Waals surface area contributed by atoms with Gasteiger partial charge < -0.3 is 37.0 Å². The first-order valence-electron chi connectivity index (χ1n) is 10.0. The van der Waals surface area contributed by atoms with Crippen molar-refractivity contribution in [2.75, 3.05) is 0 Å². The minimum atomic E-state index is -1.64. The Balaban J connectivity index is 5.59. The molecule has 0 aromatic carbocycles. The van der Waals surface area contributed by atoms with Crippen molar-refractivity contribution in [3.63, 3.8) is 0 Å². The van der Waals surface area contributed by atoms with Gasteiger partial charge in [0.1, 0.15) is 18.1 Å². The molecule has 0 bridgehead atoms. The predicted molar refractivity (Wildman–Crippen MR) is 110 cm³/mol. The maximum absolute atomic E-state index is 12.7. The Bertz CT molecular complexity index is 726. The standard InChI is InChI=1S/C19H32N4O9/c1-5-9(4)15(18(30)22-14(8(2)3)19(31)32)23-17(29)11(7-13(26)27)21-16(28)10(20)6-12(24)25/h8-11,14-15H,5-7,20H2,1-4H3,(H,21,28)(H,22,30)(H,23,29)(H,24,25)(H,26,27)(H,31,32). The van der Waals surface area contributed by atoms with Crippen molar-refractivity contribution >= 4 is 35.6 Å². The molecule has 13 heteroatoms. The summed E-state index contributed by atoms with van der Waals surface area (Å²) in [6.45, 7) is 6.54. The van der Waals surface area contributed by atoms with Crippen LogP contribution in [0.25, 0.3) is 0 Å². The van der Waals surface area contributed by atoms with Crippen molar-refractivity contribution < 1.29 is 44.1 Å². The number of aliphatic carboxylic acids is 3. The van der Waals surface area contributed by atoms with Gasteiger partial charge in [0, 0.05) is 0 Å². The van der Waals surface area contributed by atoms with Gasteiger partial charge >= 0.3 is 17.9 Å². The van der Waals surface area contributed by atoms with Crippen LogP contribution in [0, 0.1) is 11.8 Å². The normalized spacial score (nSPS) is 15.6. The van der Waals surface area contributed by atoms with E-state index >= 15 is 0 Å². The molecule has 0 aromatic rings. The molecule has 0 aliphatic carbocycles. The maximum Gasteiger partial charge on any atom is 0.326 e. The van der Waals surface area contributed by atoms with E-state index in [2.05, 4.69) is 16.0 Å². The fraction of sp³-hybridized carbons (Fsp3) is 0.684. The zero-order valence-electron chi connectivity index (χ0n) is 18.5. The quantitative estimate of drug-likeness (QED) is 0.159. The summed E-state index contributed by atoms with van der Waals surface area (Å²) in [7, 11) is 0. The second kappa shape index (κ2) is 13.2. The van der Waals surface area contributed by atoms with Gasteiger partial charge in [-0.2, -0.15) is 0 Å². The minimum absolute atomic E-state index is 0.414. The first-order valence-corrected chi connectivity index (χ1v) is 10.0. The van der Waals surface area contributed by atoms with Gasteiger partial charge in [-0.25, -0.2) is 4.79 Å². The summed E-state index contributed by atoms with van der Waals surface area (Å²) in [5.41, 5.74) is 5.44. The predicted octanol–water partition coefficient (Wildman–Crippen LogP) is -1.50. The maximum atomic E-state index is 12.7. The van der Waals surface area contributed by atoms with Crippen LogP contribution in [0.5, 0.6) is 0 Å². The molecule has 0 aromatic heterocycles. The number of carboxylic acids is 3. The van der Waals surface area contributed by atoms with Crippen molar-refractivity contribution in [1.82, 2.24) is 16.0 Å². The Morgan fingerprint density at radius 3 is 1.66 bits per heavy atom. The SMILES string of the molecule is CCC(C)C(NC(=O)C(CC(=O)O)NC(=O)C(N)CC(=O)O)C(=O)NC(C(=O)O)C(C)C. The molecule has 182 valence electrons. The van der Waals surface area contributed by atoms with Crippen molar-refractivity contribution in [1.29, 1.82) is 0 Å². The third-order valence-corrected chi connectivity index (χ3v) is 4.77. The fourth-order valence-corrected chi connectivity index (χ4v) is 2.66. The number of nitrogens with one attached hydrogen (secondary N) is 3. The van der Waals surface area contributed by atoms with Crippen LogP contribution in [0.4, 0.5) is 0 Å². The van der Waals surface area contributed by atoms with Crippen LogP contribution in [0.3, 0.4) is 0 Å². The number of amides is 3. The monoisotopic (exact) mass is 460 g/mol. The van der Waals surface area contributed by atoms with Crippen LogP contribution in [0.1, 0.15) is 47.0 Å². The molecule has 0 rings (SSSR count). The van der Waals surface area contributed by atoms with Crippen molar-refractivity contribution in [3.8, 4) is 0 Å². The average molecular weight is 460 g/mol. The summed E-state index contributed by atoms with van der Waals surface area (Å²) >= 11 is 0. The Hall–Kier alpha value is -3.22. The Kier molecular flexibility index (Phi) is 11.9. The van der Waals surface area contributed by atoms with Gasteiger partial charge in [-0.1, -0.05) is 34.1 Å². The largest absolute Gasteiger partial charge is 0.481 e. The molecule has 5 atom stereocenters. The number of carbonyl (C=O) groups excluding carboxylic acids is 3. The van der Waals surface area contributed by atoms with Gasteiger partial charge in [0.15, 0.2) is 0 Å². The highest BCUT2D eigenvalue weighted by molar-refractivity contribution is 5.96. The van der Waals surface area contributed by atoms with Crippen molar-refractivity contribution in [3.05, 3.63) is 0 Å². The summed E-state index contributed by atoms with van der Waals surface area (Å²) in [6.07, 6.45) is -1.18. The average Bonchev–Trinajstić information content (AvgIpc) is 2.67. The molecule has 0 saturated carbocycles. The number of hydrogen-bond acceptors (Lipinski definition) is 7. The number of nitrogens with two attached hydrogens (primary N) is 1. The molecule has 0 aliphatic heterocycles. The van der Waals surface area contributed by atoms with E-state index in [0.717, 1.165) is 0 Å². The van der Waals surface area contributed by atoms with Gasteiger partial charge in [-0.15, -0.1) is 0 Å². The molecule has 0 radical (unpaired) electrons. The van der Waals surface area contributed by atoms with E-state index in [0.29, 0.717) is 6.42 Å². The molecule has 3 amide bonds. The first kappa shape index (κ1) is 28.8. The summed E-state index contributed by atoms with van der Waals surface area (Å²) in [4.78, 5) is 70.7. The Morgan fingerprint density at radius 1 is 0.750 bits per heavy atom. The van der Waals surface area contributed by atoms with Crippen LogP contribution < -0.4 is 21.7 Å². The highest BCUT2D eigenvalue weighted by atomic mass is 16.4. The molecule has 0 spiro atoms. The molecule has 0 heterocycles. The van der Waals surface area contributed by atoms with Crippen LogP contribution in [-0.4, -0.2) is 75.1 Å². The van der Waals surface area contributed by atoms with Crippen LogP contribution in [-0.2, 0) is 28.8 Å². The van der Waals surface area contributed by atoms with Gasteiger partial charge in [0.2, 0.25) is 17.7 Å². The van der Waals surface area contributed by atoms with Gasteiger partial charge in [0.25, 0.3) is 0 Å². The molecular formula is C19H32N4O9. The van der Waals surface area contributed by atoms with Gasteiger partial charge in [0.05, 0.1) is 18.9 Å². The minimum Gasteiger partial charge on any atom is -0.481 e. The molecule has 5 unspecified atom stereocenters. The summed E-state index contributed by atoms with van der Waals surface area (Å²) < 4.78 is 0. The molecule has 0 fully saturated rings. The lowest BCUT2D eigenvalue weighted by molar-refractivity contribution is -0.144. The topological polar surface area (TPSA) is 225 Å². The lowest BCUT2D eigenvalue weighted by Crippen LogP contribution is -2.59. The number of rotatable bonds is 14. The van der Waals surface area contributed by atoms with E-state index in [4.69, 9.17) is 15.9 Å². The summed E-state index contributed by atoms with van der Waals surface area (Å²) in [5.74, 6) is -7.81. The molecule has 0 aliphatic rings. The third-order valence-electron chi connectivity index (χ3n) is 4.77. The molecule has 13 nitrogen and oxygen atoms in total. The lowest BCUT2D eigenvalue weighted by Gasteiger charge is -2.28. The lowest BCUT2D eigenvalue weighted by atomic mass is 9.96. The van der Waals surface area contributed by atoms with Crippen LogP contribution >= 0.6 is 0 Å². The second-order valence-corrected chi connectivity index (χ2v) is 7.80. The zero-order valence-corrected chi connectivity index (χ0v) is 18.5. The van der Waals surface area contributed by atoms with Crippen molar-refractivity contribution in [2.45, 2.75) is 71.1 Å². The fourth-order valence-electron chi connectivity index (χ4n) is 2.66. The molecular weight excluding hydrogens is 428 g/mol. The van der Waals surface area contributed by atoms with Gasteiger partial charge in [-0.05, 0) is 11.8 Å². The summed E-state index contributed by atoms with van der Waals surface area (Å²) in [5, 5.41) is 33.9. The molecule has 32 heavy (non-hydrogen) atoms. The Morgan fingerprint density at radius 2 is 1.25 bits per heavy atom. The number of hydrogen-bond donors (Lipinski definition) is 7. The van der Waals surface area contributed by atoms with Crippen molar-refractivity contribution in [2.24, 2.45) is 17.6 Å². The molecule has 0 saturated heterocycles. The zero-order chi connectivity index (χ0) is 25.2. The Labute approximate surface area is 185 Å². The first-order chi connectivity index (χ1) is 14.7. The van der Waals surface area contributed by atoms with Crippen LogP contribution in [0.15, 0.2) is 0 Å². The highest BCUT2D eigenvalue weighted by Gasteiger charge is 2.34. The summed E-state index contributed by atoms with van der Waals surface area (Å²) in [6, 6.07) is -5.59. The second-order valence-electron chi connectivity index (χ2n) is 7.80. The van der Waals surface area contributed by atoms with E-state index in [9.17, 15) is 33.9 Å². The highest BCUT2D eigenvalue weighted by Crippen LogP contribution is 2.11. The van der Waals surface area contributed by atoms with E-state index < -0.39 is 84.5 Å². The van der Waals surface area contributed by atoms with Crippen LogP contribution in [0.2, 0.25) is 0 Å². The smallest absolute Gasteiger partial charge is 0.326 e. The van der Waals surface area contributed by atoms with Gasteiger partial charge in [-0.3, -0.25) is 24.0 Å². The molecule has 8 N–H and O–H groups in total. The third kappa shape index (κ3) is 9.73.